The largest absolute Gasteiger partial charge is 0.350 e. The van der Waals surface area contributed by atoms with Gasteiger partial charge < -0.3 is 11.1 Å². The van der Waals surface area contributed by atoms with Crippen LogP contribution < -0.4 is 11.1 Å². The predicted octanol–water partition coefficient (Wildman–Crippen LogP) is 2.53. The average Bonchev–Trinajstić information content (AvgIpc) is 2.55. The fourth-order valence-corrected chi connectivity index (χ4v) is 3.38. The number of hydrogen-bond donors (Lipinski definition) is 2. The highest BCUT2D eigenvalue weighted by molar-refractivity contribution is 5.82. The zero-order valence-electron chi connectivity index (χ0n) is 14.7. The van der Waals surface area contributed by atoms with Crippen molar-refractivity contribution in [1.29, 1.82) is 0 Å². The standard InChI is InChI=1S/C19H31N3O/c1-14(2)18(20)19(23)21-16-11-7-8-12-17(16)22(3)13-15-9-5-4-6-10-15/h4-6,9-10,14,16-18H,7-8,11-13,20H2,1-3H3,(H,21,23)/t16-,17-,18-/m0/s1. The van der Waals surface area contributed by atoms with Crippen LogP contribution in [0.15, 0.2) is 30.3 Å². The molecule has 2 rings (SSSR count). The summed E-state index contributed by atoms with van der Waals surface area (Å²) in [7, 11) is 2.16. The molecule has 0 aromatic heterocycles. The van der Waals surface area contributed by atoms with Crippen molar-refractivity contribution in [2.75, 3.05) is 7.05 Å². The van der Waals surface area contributed by atoms with E-state index in [1.165, 1.54) is 18.4 Å². The Balaban J connectivity index is 1.98. The van der Waals surface area contributed by atoms with Crippen LogP contribution >= 0.6 is 0 Å². The maximum absolute atomic E-state index is 12.3. The van der Waals surface area contributed by atoms with Crippen LogP contribution in [0.4, 0.5) is 0 Å². The van der Waals surface area contributed by atoms with Gasteiger partial charge in [0.2, 0.25) is 5.91 Å². The minimum absolute atomic E-state index is 0.00925. The van der Waals surface area contributed by atoms with Crippen molar-refractivity contribution in [3.63, 3.8) is 0 Å². The number of carbonyl (C=O) groups is 1. The van der Waals surface area contributed by atoms with E-state index in [0.717, 1.165) is 19.4 Å². The van der Waals surface area contributed by atoms with Crippen molar-refractivity contribution in [2.45, 2.75) is 64.2 Å². The first kappa shape index (κ1) is 18.0. The van der Waals surface area contributed by atoms with E-state index in [1.54, 1.807) is 0 Å². The number of nitrogens with zero attached hydrogens (tertiary/aromatic N) is 1. The summed E-state index contributed by atoms with van der Waals surface area (Å²) in [6, 6.07) is 10.7. The molecule has 128 valence electrons. The minimum atomic E-state index is -0.419. The summed E-state index contributed by atoms with van der Waals surface area (Å²) >= 11 is 0. The smallest absolute Gasteiger partial charge is 0.237 e. The summed E-state index contributed by atoms with van der Waals surface area (Å²) in [6.45, 7) is 4.89. The normalized spacial score (nSPS) is 23.0. The summed E-state index contributed by atoms with van der Waals surface area (Å²) in [5, 5.41) is 3.21. The van der Waals surface area contributed by atoms with Gasteiger partial charge in [-0.25, -0.2) is 0 Å². The Bertz CT molecular complexity index is 489. The lowest BCUT2D eigenvalue weighted by molar-refractivity contribution is -0.124. The third-order valence-corrected chi connectivity index (χ3v) is 4.92. The molecule has 1 aliphatic rings. The molecule has 4 nitrogen and oxygen atoms in total. The van der Waals surface area contributed by atoms with Gasteiger partial charge in [0.05, 0.1) is 6.04 Å². The fraction of sp³-hybridized carbons (Fsp3) is 0.632. The van der Waals surface area contributed by atoms with E-state index in [0.29, 0.717) is 6.04 Å². The van der Waals surface area contributed by atoms with Gasteiger partial charge in [-0.05, 0) is 31.4 Å². The molecule has 1 aromatic carbocycles. The Kier molecular flexibility index (Phi) is 6.60. The van der Waals surface area contributed by atoms with Gasteiger partial charge in [-0.1, -0.05) is 57.0 Å². The third-order valence-electron chi connectivity index (χ3n) is 4.92. The highest BCUT2D eigenvalue weighted by atomic mass is 16.2. The van der Waals surface area contributed by atoms with E-state index in [-0.39, 0.29) is 17.9 Å². The first-order chi connectivity index (χ1) is 11.0. The van der Waals surface area contributed by atoms with Crippen molar-refractivity contribution in [3.05, 3.63) is 35.9 Å². The van der Waals surface area contributed by atoms with Crippen LogP contribution in [0.5, 0.6) is 0 Å². The minimum Gasteiger partial charge on any atom is -0.350 e. The van der Waals surface area contributed by atoms with E-state index in [2.05, 4.69) is 41.5 Å². The maximum Gasteiger partial charge on any atom is 0.237 e. The van der Waals surface area contributed by atoms with Crippen LogP contribution in [0.2, 0.25) is 0 Å². The molecule has 1 amide bonds. The molecule has 1 aliphatic carbocycles. The molecule has 3 N–H and O–H groups in total. The van der Waals surface area contributed by atoms with Crippen molar-refractivity contribution >= 4 is 5.91 Å². The Morgan fingerprint density at radius 3 is 2.57 bits per heavy atom. The molecule has 1 saturated carbocycles. The zero-order valence-corrected chi connectivity index (χ0v) is 14.7. The Labute approximate surface area is 140 Å². The maximum atomic E-state index is 12.3. The highest BCUT2D eigenvalue weighted by Gasteiger charge is 2.31. The van der Waals surface area contributed by atoms with Gasteiger partial charge in [-0.2, -0.15) is 0 Å². The molecule has 0 unspecified atom stereocenters. The topological polar surface area (TPSA) is 58.4 Å². The second-order valence-electron chi connectivity index (χ2n) is 7.14. The molecule has 4 heteroatoms. The van der Waals surface area contributed by atoms with Crippen LogP contribution in [-0.2, 0) is 11.3 Å². The molecule has 1 aromatic rings. The van der Waals surface area contributed by atoms with Gasteiger partial charge in [-0.15, -0.1) is 0 Å². The summed E-state index contributed by atoms with van der Waals surface area (Å²) in [4.78, 5) is 14.7. The quantitative estimate of drug-likeness (QED) is 0.847. The molecular formula is C19H31N3O. The summed E-state index contributed by atoms with van der Waals surface area (Å²) in [6.07, 6.45) is 4.58. The second kappa shape index (κ2) is 8.46. The summed E-state index contributed by atoms with van der Waals surface area (Å²) in [5.74, 6) is 0.157. The monoisotopic (exact) mass is 317 g/mol. The van der Waals surface area contributed by atoms with Gasteiger partial charge in [0.25, 0.3) is 0 Å². The highest BCUT2D eigenvalue weighted by Crippen LogP contribution is 2.24. The lowest BCUT2D eigenvalue weighted by Crippen LogP contribution is -2.56. The third kappa shape index (κ3) is 5.05. The van der Waals surface area contributed by atoms with E-state index >= 15 is 0 Å². The van der Waals surface area contributed by atoms with Crippen molar-refractivity contribution in [2.24, 2.45) is 11.7 Å². The first-order valence-corrected chi connectivity index (χ1v) is 8.79. The van der Waals surface area contributed by atoms with E-state index in [9.17, 15) is 4.79 Å². The van der Waals surface area contributed by atoms with Crippen LogP contribution in [0.1, 0.15) is 45.1 Å². The van der Waals surface area contributed by atoms with Crippen LogP contribution in [0.25, 0.3) is 0 Å². The number of nitrogens with one attached hydrogen (secondary N) is 1. The number of likely N-dealkylation sites (N-methyl/N-ethyl adjacent to an activating group) is 1. The zero-order chi connectivity index (χ0) is 16.8. The number of carbonyl (C=O) groups excluding carboxylic acids is 1. The fourth-order valence-electron chi connectivity index (χ4n) is 3.38. The van der Waals surface area contributed by atoms with Gasteiger partial charge in [0.15, 0.2) is 0 Å². The van der Waals surface area contributed by atoms with E-state index in [4.69, 9.17) is 5.73 Å². The summed E-state index contributed by atoms with van der Waals surface area (Å²) < 4.78 is 0. The Morgan fingerprint density at radius 2 is 1.91 bits per heavy atom. The molecule has 0 radical (unpaired) electrons. The molecule has 23 heavy (non-hydrogen) atoms. The number of rotatable bonds is 6. The molecule has 0 saturated heterocycles. The predicted molar refractivity (Wildman–Crippen MR) is 94.9 cm³/mol. The molecule has 0 heterocycles. The Hall–Kier alpha value is -1.39. The lowest BCUT2D eigenvalue weighted by atomic mass is 9.88. The van der Waals surface area contributed by atoms with E-state index < -0.39 is 6.04 Å². The average molecular weight is 317 g/mol. The molecule has 0 spiro atoms. The first-order valence-electron chi connectivity index (χ1n) is 8.79. The summed E-state index contributed by atoms with van der Waals surface area (Å²) in [5.41, 5.74) is 7.31. The number of amides is 1. The van der Waals surface area contributed by atoms with E-state index in [1.807, 2.05) is 19.9 Å². The van der Waals surface area contributed by atoms with Gasteiger partial charge in [-0.3, -0.25) is 9.69 Å². The second-order valence-corrected chi connectivity index (χ2v) is 7.14. The van der Waals surface area contributed by atoms with Gasteiger partial charge in [0.1, 0.15) is 0 Å². The molecule has 0 aliphatic heterocycles. The molecule has 0 bridgehead atoms. The van der Waals surface area contributed by atoms with Crippen molar-refractivity contribution in [3.8, 4) is 0 Å². The molecular weight excluding hydrogens is 286 g/mol. The van der Waals surface area contributed by atoms with Crippen molar-refractivity contribution < 1.29 is 4.79 Å². The van der Waals surface area contributed by atoms with Crippen LogP contribution in [0, 0.1) is 5.92 Å². The number of hydrogen-bond acceptors (Lipinski definition) is 3. The van der Waals surface area contributed by atoms with Crippen LogP contribution in [-0.4, -0.2) is 36.0 Å². The van der Waals surface area contributed by atoms with Crippen LogP contribution in [0.3, 0.4) is 0 Å². The van der Waals surface area contributed by atoms with Gasteiger partial charge in [0, 0.05) is 18.6 Å². The molecule has 1 fully saturated rings. The molecule has 3 atom stereocenters. The number of nitrogens with two attached hydrogens (primary N) is 1. The van der Waals surface area contributed by atoms with Crippen molar-refractivity contribution in [1.82, 2.24) is 10.2 Å². The number of benzene rings is 1. The van der Waals surface area contributed by atoms with Gasteiger partial charge >= 0.3 is 0 Å². The lowest BCUT2D eigenvalue weighted by Gasteiger charge is -2.39. The Morgan fingerprint density at radius 1 is 1.26 bits per heavy atom. The SMILES string of the molecule is CC(C)[C@H](N)C(=O)N[C@H]1CCCC[C@@H]1N(C)Cc1ccccc1.